The average Bonchev–Trinajstić information content (AvgIpc) is 3.02. The van der Waals surface area contributed by atoms with E-state index in [1.54, 1.807) is 29.2 Å². The molecule has 0 saturated carbocycles. The minimum absolute atomic E-state index is 0.0203. The standard InChI is InChI=1S/C20H25ClN4O3/c1-15-13-16(2)25(22-15)8-7-19(26)23-9-11-24(12-10-23)20(27)14-28-18-5-3-17(21)4-6-18/h3-6,13H,7-12,14H2,1-2H3. The smallest absolute Gasteiger partial charge is 0.260 e. The number of rotatable bonds is 6. The van der Waals surface area contributed by atoms with Crippen LogP contribution < -0.4 is 4.74 Å². The highest BCUT2D eigenvalue weighted by Crippen LogP contribution is 2.15. The lowest BCUT2D eigenvalue weighted by Gasteiger charge is -2.34. The van der Waals surface area contributed by atoms with E-state index in [0.29, 0.717) is 49.9 Å². The van der Waals surface area contributed by atoms with Crippen LogP contribution in [0.5, 0.6) is 5.75 Å². The first-order valence-corrected chi connectivity index (χ1v) is 9.75. The second kappa shape index (κ2) is 9.10. The first kappa shape index (κ1) is 20.2. The predicted molar refractivity (Wildman–Crippen MR) is 106 cm³/mol. The molecule has 2 aromatic rings. The summed E-state index contributed by atoms with van der Waals surface area (Å²) in [6.45, 7) is 6.62. The van der Waals surface area contributed by atoms with Gasteiger partial charge >= 0.3 is 0 Å². The van der Waals surface area contributed by atoms with E-state index < -0.39 is 0 Å². The fourth-order valence-electron chi connectivity index (χ4n) is 3.23. The molecule has 150 valence electrons. The van der Waals surface area contributed by atoms with Crippen LogP contribution in [0.4, 0.5) is 0 Å². The van der Waals surface area contributed by atoms with Gasteiger partial charge in [-0.25, -0.2) is 0 Å². The van der Waals surface area contributed by atoms with Gasteiger partial charge in [-0.05, 0) is 44.2 Å². The molecule has 2 heterocycles. The maximum atomic E-state index is 12.5. The molecule has 1 aromatic heterocycles. The molecule has 8 heteroatoms. The Morgan fingerprint density at radius 2 is 1.64 bits per heavy atom. The zero-order chi connectivity index (χ0) is 20.1. The van der Waals surface area contributed by atoms with Crippen molar-refractivity contribution < 1.29 is 14.3 Å². The average molecular weight is 405 g/mol. The number of ether oxygens (including phenoxy) is 1. The quantitative estimate of drug-likeness (QED) is 0.740. The Morgan fingerprint density at radius 3 is 2.21 bits per heavy atom. The van der Waals surface area contributed by atoms with Crippen LogP contribution in [0.25, 0.3) is 0 Å². The molecule has 1 aromatic carbocycles. The summed E-state index contributed by atoms with van der Waals surface area (Å²) in [5.74, 6) is 0.623. The molecule has 0 atom stereocenters. The summed E-state index contributed by atoms with van der Waals surface area (Å²) in [5.41, 5.74) is 2.01. The Kier molecular flexibility index (Phi) is 6.57. The molecule has 0 aliphatic carbocycles. The summed E-state index contributed by atoms with van der Waals surface area (Å²) >= 11 is 5.83. The molecule has 0 bridgehead atoms. The number of piperazine rings is 1. The van der Waals surface area contributed by atoms with Crippen LogP contribution in [0.15, 0.2) is 30.3 Å². The third-order valence-corrected chi connectivity index (χ3v) is 5.05. The summed E-state index contributed by atoms with van der Waals surface area (Å²) in [4.78, 5) is 28.3. The van der Waals surface area contributed by atoms with Gasteiger partial charge in [-0.15, -0.1) is 0 Å². The van der Waals surface area contributed by atoms with Gasteiger partial charge in [0, 0.05) is 49.9 Å². The van der Waals surface area contributed by atoms with Crippen LogP contribution in [-0.4, -0.2) is 64.2 Å². The van der Waals surface area contributed by atoms with E-state index in [2.05, 4.69) is 5.10 Å². The van der Waals surface area contributed by atoms with Gasteiger partial charge in [-0.3, -0.25) is 14.3 Å². The maximum Gasteiger partial charge on any atom is 0.260 e. The topological polar surface area (TPSA) is 67.7 Å². The summed E-state index contributed by atoms with van der Waals surface area (Å²) < 4.78 is 7.37. The van der Waals surface area contributed by atoms with Crippen LogP contribution in [0.2, 0.25) is 5.02 Å². The first-order chi connectivity index (χ1) is 13.4. The predicted octanol–water partition coefficient (Wildman–Crippen LogP) is 2.29. The van der Waals surface area contributed by atoms with E-state index in [9.17, 15) is 9.59 Å². The minimum Gasteiger partial charge on any atom is -0.484 e. The normalized spacial score (nSPS) is 14.2. The SMILES string of the molecule is Cc1cc(C)n(CCC(=O)N2CCN(C(=O)COc3ccc(Cl)cc3)CC2)n1. The number of nitrogens with zero attached hydrogens (tertiary/aromatic N) is 4. The molecule has 0 radical (unpaired) electrons. The van der Waals surface area contributed by atoms with Crippen LogP contribution in [0.1, 0.15) is 17.8 Å². The molecular weight excluding hydrogens is 380 g/mol. The number of amides is 2. The van der Waals surface area contributed by atoms with Gasteiger partial charge in [0.05, 0.1) is 5.69 Å². The van der Waals surface area contributed by atoms with Crippen molar-refractivity contribution >= 4 is 23.4 Å². The van der Waals surface area contributed by atoms with Gasteiger partial charge in [-0.1, -0.05) is 11.6 Å². The Hall–Kier alpha value is -2.54. The van der Waals surface area contributed by atoms with E-state index in [4.69, 9.17) is 16.3 Å². The first-order valence-electron chi connectivity index (χ1n) is 9.37. The summed E-state index contributed by atoms with van der Waals surface area (Å²) in [6.07, 6.45) is 0.412. The fraction of sp³-hybridized carbons (Fsp3) is 0.450. The number of hydrogen-bond donors (Lipinski definition) is 0. The molecule has 3 rings (SSSR count). The van der Waals surface area contributed by atoms with Crippen molar-refractivity contribution in [3.05, 3.63) is 46.7 Å². The van der Waals surface area contributed by atoms with E-state index in [-0.39, 0.29) is 18.4 Å². The molecule has 28 heavy (non-hydrogen) atoms. The Balaban J connectivity index is 1.40. The van der Waals surface area contributed by atoms with Gasteiger partial charge in [0.25, 0.3) is 5.91 Å². The molecule has 2 amide bonds. The Morgan fingerprint density at radius 1 is 1.04 bits per heavy atom. The highest BCUT2D eigenvalue weighted by Gasteiger charge is 2.24. The number of aromatic nitrogens is 2. The van der Waals surface area contributed by atoms with Crippen LogP contribution >= 0.6 is 11.6 Å². The Labute approximate surface area is 169 Å². The van der Waals surface area contributed by atoms with Crippen molar-refractivity contribution in [2.75, 3.05) is 32.8 Å². The van der Waals surface area contributed by atoms with Crippen LogP contribution in [0.3, 0.4) is 0 Å². The van der Waals surface area contributed by atoms with E-state index in [1.807, 2.05) is 29.5 Å². The minimum atomic E-state index is -0.0790. The van der Waals surface area contributed by atoms with Crippen molar-refractivity contribution in [1.29, 1.82) is 0 Å². The number of hydrogen-bond acceptors (Lipinski definition) is 4. The molecule has 1 aliphatic rings. The van der Waals surface area contributed by atoms with E-state index >= 15 is 0 Å². The molecule has 1 fully saturated rings. The third-order valence-electron chi connectivity index (χ3n) is 4.80. The van der Waals surface area contributed by atoms with Crippen molar-refractivity contribution in [3.63, 3.8) is 0 Å². The van der Waals surface area contributed by atoms with E-state index in [1.165, 1.54) is 0 Å². The van der Waals surface area contributed by atoms with Crippen molar-refractivity contribution in [1.82, 2.24) is 19.6 Å². The van der Waals surface area contributed by atoms with Gasteiger partial charge in [-0.2, -0.15) is 5.10 Å². The second-order valence-electron chi connectivity index (χ2n) is 6.90. The highest BCUT2D eigenvalue weighted by atomic mass is 35.5. The zero-order valence-electron chi connectivity index (χ0n) is 16.2. The monoisotopic (exact) mass is 404 g/mol. The number of carbonyl (C=O) groups excluding carboxylic acids is 2. The molecule has 0 spiro atoms. The van der Waals surface area contributed by atoms with Crippen LogP contribution in [-0.2, 0) is 16.1 Å². The van der Waals surface area contributed by atoms with Gasteiger partial charge in [0.15, 0.2) is 6.61 Å². The van der Waals surface area contributed by atoms with Crippen molar-refractivity contribution in [2.45, 2.75) is 26.8 Å². The summed E-state index contributed by atoms with van der Waals surface area (Å²) in [5, 5.41) is 5.01. The largest absolute Gasteiger partial charge is 0.484 e. The highest BCUT2D eigenvalue weighted by molar-refractivity contribution is 6.30. The van der Waals surface area contributed by atoms with Gasteiger partial charge in [0.2, 0.25) is 5.91 Å². The number of benzene rings is 1. The summed E-state index contributed by atoms with van der Waals surface area (Å²) in [6, 6.07) is 8.90. The molecule has 0 unspecified atom stereocenters. The van der Waals surface area contributed by atoms with Crippen LogP contribution in [0, 0.1) is 13.8 Å². The molecule has 1 aliphatic heterocycles. The molecule has 1 saturated heterocycles. The third kappa shape index (κ3) is 5.25. The fourth-order valence-corrected chi connectivity index (χ4v) is 3.36. The lowest BCUT2D eigenvalue weighted by molar-refractivity contribution is -0.140. The summed E-state index contributed by atoms with van der Waals surface area (Å²) in [7, 11) is 0. The maximum absolute atomic E-state index is 12.5. The molecular formula is C20H25ClN4O3. The molecule has 7 nitrogen and oxygen atoms in total. The van der Waals surface area contributed by atoms with E-state index in [0.717, 1.165) is 11.4 Å². The van der Waals surface area contributed by atoms with Crippen molar-refractivity contribution in [2.24, 2.45) is 0 Å². The second-order valence-corrected chi connectivity index (χ2v) is 7.34. The lowest BCUT2D eigenvalue weighted by atomic mass is 10.2. The number of carbonyl (C=O) groups is 2. The number of halogens is 1. The lowest BCUT2D eigenvalue weighted by Crippen LogP contribution is -2.51. The molecule has 0 N–H and O–H groups in total. The Bertz CT molecular complexity index is 826. The van der Waals surface area contributed by atoms with Gasteiger partial charge < -0.3 is 14.5 Å². The number of aryl methyl sites for hydroxylation is 3. The zero-order valence-corrected chi connectivity index (χ0v) is 17.0. The van der Waals surface area contributed by atoms with Crippen molar-refractivity contribution in [3.8, 4) is 5.75 Å². The van der Waals surface area contributed by atoms with Gasteiger partial charge in [0.1, 0.15) is 5.75 Å².